The van der Waals surface area contributed by atoms with E-state index in [2.05, 4.69) is 80.1 Å². The van der Waals surface area contributed by atoms with Gasteiger partial charge in [-0.3, -0.25) is 0 Å². The zero-order valence-corrected chi connectivity index (χ0v) is 16.1. The van der Waals surface area contributed by atoms with Crippen molar-refractivity contribution in [2.75, 3.05) is 0 Å². The number of benzene rings is 4. The Bertz CT molecular complexity index is 1470. The van der Waals surface area contributed by atoms with Crippen molar-refractivity contribution < 1.29 is 9.30 Å². The van der Waals surface area contributed by atoms with Gasteiger partial charge in [0.2, 0.25) is 0 Å². The summed E-state index contributed by atoms with van der Waals surface area (Å²) in [6.07, 6.45) is 1.92. The van der Waals surface area contributed by atoms with Gasteiger partial charge in [-0.05, 0) is 64.3 Å². The van der Waals surface area contributed by atoms with Crippen molar-refractivity contribution in [3.63, 3.8) is 0 Å². The number of hydrogen-bond donors (Lipinski definition) is 0. The van der Waals surface area contributed by atoms with E-state index in [-0.39, 0.29) is 0 Å². The van der Waals surface area contributed by atoms with E-state index in [1.54, 1.807) is 0 Å². The van der Waals surface area contributed by atoms with E-state index in [0.29, 0.717) is 0 Å². The summed E-state index contributed by atoms with van der Waals surface area (Å²) < 4.78 is 8.62. The summed E-state index contributed by atoms with van der Waals surface area (Å²) in [7, 11) is 2.07. The number of nitrogens with zero attached hydrogens (tertiary/aromatic N) is 2. The number of hydrogen-bond acceptors (Lipinski definition) is 2. The van der Waals surface area contributed by atoms with E-state index < -0.39 is 0 Å². The molecule has 5 aromatic rings. The monoisotopic (exact) mass is 363 g/mol. The molecule has 0 atom stereocenters. The number of rotatable bonds is 0. The summed E-state index contributed by atoms with van der Waals surface area (Å²) in [6.45, 7) is 4.33. The number of aryl methyl sites for hydroxylation is 3. The highest BCUT2D eigenvalue weighted by atomic mass is 16.5. The fourth-order valence-electron chi connectivity index (χ4n) is 4.65. The molecule has 0 unspecified atom stereocenters. The van der Waals surface area contributed by atoms with E-state index in [1.165, 1.54) is 38.4 Å². The number of aromatic nitrogens is 2. The van der Waals surface area contributed by atoms with Gasteiger partial charge >= 0.3 is 0 Å². The molecule has 1 aliphatic rings. The van der Waals surface area contributed by atoms with Crippen LogP contribution in [0.4, 0.5) is 0 Å². The molecule has 0 spiro atoms. The Kier molecular flexibility index (Phi) is 2.95. The van der Waals surface area contributed by atoms with Gasteiger partial charge in [-0.15, -0.1) is 0 Å². The third-order valence-corrected chi connectivity index (χ3v) is 6.02. The van der Waals surface area contributed by atoms with Crippen LogP contribution in [0.15, 0.2) is 60.9 Å². The van der Waals surface area contributed by atoms with Gasteiger partial charge < -0.3 is 4.74 Å². The van der Waals surface area contributed by atoms with Crippen molar-refractivity contribution >= 4 is 32.4 Å². The van der Waals surface area contributed by atoms with Crippen LogP contribution >= 0.6 is 0 Å². The molecular formula is C25H19N2O+. The second-order valence-electron chi connectivity index (χ2n) is 7.67. The van der Waals surface area contributed by atoms with Gasteiger partial charge in [0.1, 0.15) is 16.9 Å². The van der Waals surface area contributed by atoms with Crippen molar-refractivity contribution in [2.24, 2.45) is 7.05 Å². The third kappa shape index (κ3) is 1.88. The lowest BCUT2D eigenvalue weighted by atomic mass is 9.91. The first-order valence-electron chi connectivity index (χ1n) is 9.55. The zero-order valence-electron chi connectivity index (χ0n) is 16.1. The van der Waals surface area contributed by atoms with Crippen molar-refractivity contribution in [3.05, 3.63) is 72.1 Å². The highest BCUT2D eigenvalue weighted by Crippen LogP contribution is 2.49. The zero-order chi connectivity index (χ0) is 19.0. The van der Waals surface area contributed by atoms with Crippen LogP contribution in [-0.2, 0) is 7.05 Å². The Morgan fingerprint density at radius 3 is 2.57 bits per heavy atom. The van der Waals surface area contributed by atoms with Crippen LogP contribution in [0.5, 0.6) is 11.5 Å². The highest BCUT2D eigenvalue weighted by molar-refractivity contribution is 6.14. The second kappa shape index (κ2) is 5.29. The topological polar surface area (TPSA) is 26.0 Å². The quantitative estimate of drug-likeness (QED) is 0.253. The first-order valence-corrected chi connectivity index (χ1v) is 9.55. The van der Waals surface area contributed by atoms with Crippen molar-refractivity contribution in [2.45, 2.75) is 13.8 Å². The molecule has 1 aromatic heterocycles. The summed E-state index contributed by atoms with van der Waals surface area (Å²) in [5.41, 5.74) is 5.81. The van der Waals surface area contributed by atoms with Gasteiger partial charge in [-0.2, -0.15) is 0 Å². The fourth-order valence-corrected chi connectivity index (χ4v) is 4.65. The molecule has 6 rings (SSSR count). The van der Waals surface area contributed by atoms with Crippen LogP contribution in [0.3, 0.4) is 0 Å². The normalized spacial score (nSPS) is 12.4. The van der Waals surface area contributed by atoms with Gasteiger partial charge in [0, 0.05) is 5.39 Å². The standard InChI is InChI=1S/C25H19N2O/c1-14-7-6-10-18-19(14)12-21-23-24(18)26-13-27(3)25(23)22-15(2)17-9-5-4-8-16(17)11-20(22)28-21/h4-13H,1-3H3/q+1. The van der Waals surface area contributed by atoms with E-state index in [9.17, 15) is 0 Å². The van der Waals surface area contributed by atoms with Crippen LogP contribution in [0.2, 0.25) is 0 Å². The summed E-state index contributed by atoms with van der Waals surface area (Å²) in [5, 5.41) is 5.92. The smallest absolute Gasteiger partial charge is 0.287 e. The molecule has 0 bridgehead atoms. The molecule has 0 N–H and O–H groups in total. The van der Waals surface area contributed by atoms with Gasteiger partial charge in [-0.1, -0.05) is 36.4 Å². The minimum absolute atomic E-state index is 0.887. The molecule has 0 amide bonds. The predicted octanol–water partition coefficient (Wildman–Crippen LogP) is 5.76. The molecule has 0 fully saturated rings. The van der Waals surface area contributed by atoms with E-state index in [4.69, 9.17) is 9.72 Å². The molecule has 0 saturated carbocycles. The van der Waals surface area contributed by atoms with E-state index in [0.717, 1.165) is 28.0 Å². The Morgan fingerprint density at radius 2 is 1.68 bits per heavy atom. The number of fused-ring (bicyclic) bond motifs is 5. The average Bonchev–Trinajstić information content (AvgIpc) is 2.70. The van der Waals surface area contributed by atoms with Crippen LogP contribution < -0.4 is 9.30 Å². The fraction of sp³-hybridized carbons (Fsp3) is 0.120. The average molecular weight is 363 g/mol. The predicted molar refractivity (Wildman–Crippen MR) is 113 cm³/mol. The largest absolute Gasteiger partial charge is 0.456 e. The lowest BCUT2D eigenvalue weighted by Crippen LogP contribution is -2.32. The van der Waals surface area contributed by atoms with Crippen molar-refractivity contribution in [1.82, 2.24) is 4.98 Å². The molecule has 0 saturated heterocycles. The summed E-state index contributed by atoms with van der Waals surface area (Å²) in [5.74, 6) is 1.80. The molecule has 4 aromatic carbocycles. The van der Waals surface area contributed by atoms with Crippen LogP contribution in [0.25, 0.3) is 43.7 Å². The summed E-state index contributed by atoms with van der Waals surface area (Å²) in [6, 6.07) is 19.2. The van der Waals surface area contributed by atoms with E-state index in [1.807, 2.05) is 6.33 Å². The number of ether oxygens (including phenoxy) is 1. The van der Waals surface area contributed by atoms with E-state index >= 15 is 0 Å². The molecule has 28 heavy (non-hydrogen) atoms. The lowest BCUT2D eigenvalue weighted by molar-refractivity contribution is -0.662. The van der Waals surface area contributed by atoms with Crippen LogP contribution in [0, 0.1) is 13.8 Å². The first kappa shape index (κ1) is 15.6. The highest BCUT2D eigenvalue weighted by Gasteiger charge is 2.30. The lowest BCUT2D eigenvalue weighted by Gasteiger charge is -2.23. The Morgan fingerprint density at radius 1 is 0.857 bits per heavy atom. The summed E-state index contributed by atoms with van der Waals surface area (Å²) in [4.78, 5) is 4.80. The SMILES string of the molecule is Cc1c2c(cc3ccccc13)Oc1cc3c(C)cccc3c3nc[n+](C)c-2c13. The van der Waals surface area contributed by atoms with Crippen molar-refractivity contribution in [3.8, 4) is 22.8 Å². The summed E-state index contributed by atoms with van der Waals surface area (Å²) >= 11 is 0. The maximum Gasteiger partial charge on any atom is 0.287 e. The van der Waals surface area contributed by atoms with Gasteiger partial charge in [-0.25, -0.2) is 4.57 Å². The molecule has 3 nitrogen and oxygen atoms in total. The molecular weight excluding hydrogens is 344 g/mol. The maximum atomic E-state index is 6.50. The second-order valence-corrected chi connectivity index (χ2v) is 7.67. The van der Waals surface area contributed by atoms with Gasteiger partial charge in [0.05, 0.1) is 12.6 Å². The van der Waals surface area contributed by atoms with Gasteiger partial charge in [0.25, 0.3) is 6.33 Å². The molecule has 2 heterocycles. The minimum Gasteiger partial charge on any atom is -0.456 e. The molecule has 0 radical (unpaired) electrons. The molecule has 134 valence electrons. The van der Waals surface area contributed by atoms with Crippen LogP contribution in [-0.4, -0.2) is 4.98 Å². The third-order valence-electron chi connectivity index (χ3n) is 6.02. The molecule has 3 heteroatoms. The minimum atomic E-state index is 0.887. The maximum absolute atomic E-state index is 6.50. The Balaban J connectivity index is 1.86. The molecule has 0 aliphatic carbocycles. The Labute approximate surface area is 162 Å². The molecule has 1 aliphatic heterocycles. The van der Waals surface area contributed by atoms with Crippen LogP contribution in [0.1, 0.15) is 11.1 Å². The van der Waals surface area contributed by atoms with Gasteiger partial charge in [0.15, 0.2) is 11.2 Å². The first-order chi connectivity index (χ1) is 13.6. The van der Waals surface area contributed by atoms with Crippen molar-refractivity contribution in [1.29, 1.82) is 0 Å². The Hall–Kier alpha value is -3.46.